The quantitative estimate of drug-likeness (QED) is 0.891. The number of carbonyl (C=O) groups excluding carboxylic acids is 1. The zero-order chi connectivity index (χ0) is 13.5. The molecule has 20 heavy (non-hydrogen) atoms. The number of fused-ring (bicyclic) bond motifs is 2. The van der Waals surface area contributed by atoms with Gasteiger partial charge in [0.15, 0.2) is 5.58 Å². The van der Waals surface area contributed by atoms with Crippen LogP contribution in [0.2, 0.25) is 0 Å². The van der Waals surface area contributed by atoms with Gasteiger partial charge >= 0.3 is 0 Å². The first-order valence-electron chi connectivity index (χ1n) is 7.16. The van der Waals surface area contributed by atoms with Crippen LogP contribution in [0.25, 0.3) is 11.0 Å². The van der Waals surface area contributed by atoms with Crippen LogP contribution in [-0.2, 0) is 11.2 Å². The van der Waals surface area contributed by atoms with E-state index in [1.54, 1.807) is 0 Å². The van der Waals surface area contributed by atoms with Crippen molar-refractivity contribution in [3.05, 3.63) is 30.0 Å². The number of hydrogen-bond acceptors (Lipinski definition) is 4. The number of nitrogens with zero attached hydrogens (tertiary/aromatic N) is 2. The highest BCUT2D eigenvalue weighted by Gasteiger charge is 2.39. The lowest BCUT2D eigenvalue weighted by atomic mass is 10.0. The number of aromatic nitrogens is 1. The number of para-hydroxylation sites is 1. The van der Waals surface area contributed by atoms with Crippen molar-refractivity contribution >= 4 is 16.9 Å². The minimum atomic E-state index is 0.167. The van der Waals surface area contributed by atoms with Crippen LogP contribution < -0.4 is 5.32 Å². The molecule has 5 heteroatoms. The summed E-state index contributed by atoms with van der Waals surface area (Å²) >= 11 is 0. The van der Waals surface area contributed by atoms with E-state index in [1.165, 1.54) is 0 Å². The monoisotopic (exact) mass is 271 g/mol. The molecule has 5 nitrogen and oxygen atoms in total. The molecule has 104 valence electrons. The third kappa shape index (κ3) is 1.81. The summed E-state index contributed by atoms with van der Waals surface area (Å²) in [5, 5.41) is 8.37. The zero-order valence-electron chi connectivity index (χ0n) is 11.2. The highest BCUT2D eigenvalue weighted by molar-refractivity contribution is 5.86. The minimum Gasteiger partial charge on any atom is -0.356 e. The first kappa shape index (κ1) is 11.9. The largest absolute Gasteiger partial charge is 0.356 e. The first-order chi connectivity index (χ1) is 9.83. The van der Waals surface area contributed by atoms with E-state index in [0.29, 0.717) is 18.4 Å². The van der Waals surface area contributed by atoms with E-state index in [0.717, 1.165) is 42.7 Å². The lowest BCUT2D eigenvalue weighted by molar-refractivity contribution is -0.131. The van der Waals surface area contributed by atoms with Crippen LogP contribution in [0.3, 0.4) is 0 Å². The molecule has 2 aliphatic rings. The molecule has 4 rings (SSSR count). The SMILES string of the molecule is O=C(Cc1noc2ccccc12)N1CC[C@@H]2CNC[C@@H]21. The molecule has 0 radical (unpaired) electrons. The van der Waals surface area contributed by atoms with Crippen molar-refractivity contribution in [3.63, 3.8) is 0 Å². The summed E-state index contributed by atoms with van der Waals surface area (Å²) in [5.41, 5.74) is 1.50. The van der Waals surface area contributed by atoms with E-state index >= 15 is 0 Å². The number of benzene rings is 1. The molecule has 2 atom stereocenters. The van der Waals surface area contributed by atoms with Gasteiger partial charge in [0.2, 0.25) is 5.91 Å². The van der Waals surface area contributed by atoms with Gasteiger partial charge in [-0.15, -0.1) is 0 Å². The molecule has 1 N–H and O–H groups in total. The minimum absolute atomic E-state index is 0.167. The Kier molecular flexibility index (Phi) is 2.73. The molecule has 2 aromatic rings. The van der Waals surface area contributed by atoms with E-state index in [1.807, 2.05) is 29.2 Å². The van der Waals surface area contributed by atoms with Gasteiger partial charge in [-0.3, -0.25) is 4.79 Å². The van der Waals surface area contributed by atoms with E-state index < -0.39 is 0 Å². The molecule has 0 unspecified atom stereocenters. The second kappa shape index (κ2) is 4.59. The number of hydrogen-bond donors (Lipinski definition) is 1. The Morgan fingerprint density at radius 1 is 1.40 bits per heavy atom. The number of rotatable bonds is 2. The Bertz CT molecular complexity index is 651. The molecule has 2 fully saturated rings. The van der Waals surface area contributed by atoms with Crippen LogP contribution in [0.5, 0.6) is 0 Å². The highest BCUT2D eigenvalue weighted by Crippen LogP contribution is 2.28. The van der Waals surface area contributed by atoms with Gasteiger partial charge in [0.05, 0.1) is 6.42 Å². The number of amides is 1. The van der Waals surface area contributed by atoms with Gasteiger partial charge in [-0.25, -0.2) is 0 Å². The topological polar surface area (TPSA) is 58.4 Å². The molecule has 3 heterocycles. The lowest BCUT2D eigenvalue weighted by Gasteiger charge is -2.23. The zero-order valence-corrected chi connectivity index (χ0v) is 11.2. The average Bonchev–Trinajstić information content (AvgIpc) is 3.13. The molecule has 0 aliphatic carbocycles. The van der Waals surface area contributed by atoms with E-state index in [4.69, 9.17) is 4.52 Å². The maximum Gasteiger partial charge on any atom is 0.229 e. The van der Waals surface area contributed by atoms with Gasteiger partial charge in [-0.2, -0.15) is 0 Å². The molecule has 1 aromatic heterocycles. The fraction of sp³-hybridized carbons (Fsp3) is 0.467. The van der Waals surface area contributed by atoms with Crippen molar-refractivity contribution in [2.24, 2.45) is 5.92 Å². The smallest absolute Gasteiger partial charge is 0.229 e. The van der Waals surface area contributed by atoms with Gasteiger partial charge in [-0.05, 0) is 24.5 Å². The Labute approximate surface area is 116 Å². The molecule has 1 amide bonds. The van der Waals surface area contributed by atoms with Gasteiger partial charge in [0.25, 0.3) is 0 Å². The number of likely N-dealkylation sites (tertiary alicyclic amines) is 1. The van der Waals surface area contributed by atoms with Crippen molar-refractivity contribution < 1.29 is 9.32 Å². The summed E-state index contributed by atoms with van der Waals surface area (Å²) in [6, 6.07) is 8.07. The first-order valence-corrected chi connectivity index (χ1v) is 7.16. The summed E-state index contributed by atoms with van der Waals surface area (Å²) in [7, 11) is 0. The molecule has 2 aliphatic heterocycles. The number of carbonyl (C=O) groups is 1. The maximum absolute atomic E-state index is 12.5. The Hall–Kier alpha value is -1.88. The van der Waals surface area contributed by atoms with Crippen molar-refractivity contribution in [2.75, 3.05) is 19.6 Å². The second-order valence-electron chi connectivity index (χ2n) is 5.66. The number of nitrogens with one attached hydrogen (secondary N) is 1. The molecule has 0 spiro atoms. The van der Waals surface area contributed by atoms with Gasteiger partial charge in [0, 0.05) is 31.1 Å². The standard InChI is InChI=1S/C15H17N3O2/c19-15(18-6-5-10-8-16-9-13(10)18)7-12-11-3-1-2-4-14(11)20-17-12/h1-4,10,13,16H,5-9H2/t10-,13+/m1/s1. The summed E-state index contributed by atoms with van der Waals surface area (Å²) < 4.78 is 5.27. The predicted octanol–water partition coefficient (Wildman–Crippen LogP) is 1.19. The second-order valence-corrected chi connectivity index (χ2v) is 5.66. The highest BCUT2D eigenvalue weighted by atomic mass is 16.5. The van der Waals surface area contributed by atoms with Crippen molar-refractivity contribution in [3.8, 4) is 0 Å². The van der Waals surface area contributed by atoms with Crippen LogP contribution in [0.4, 0.5) is 0 Å². The summed E-state index contributed by atoms with van der Waals surface area (Å²) in [6.45, 7) is 2.85. The Balaban J connectivity index is 1.55. The van der Waals surface area contributed by atoms with E-state index in [2.05, 4.69) is 10.5 Å². The van der Waals surface area contributed by atoms with E-state index in [-0.39, 0.29) is 5.91 Å². The fourth-order valence-electron chi connectivity index (χ4n) is 3.47. The Morgan fingerprint density at radius 2 is 2.30 bits per heavy atom. The normalized spacial score (nSPS) is 25.3. The molecule has 1 aromatic carbocycles. The van der Waals surface area contributed by atoms with Crippen molar-refractivity contribution in [1.82, 2.24) is 15.4 Å². The van der Waals surface area contributed by atoms with Crippen LogP contribution in [0, 0.1) is 5.92 Å². The summed E-state index contributed by atoms with van der Waals surface area (Å²) in [6.07, 6.45) is 1.45. The third-order valence-electron chi connectivity index (χ3n) is 4.54. The Morgan fingerprint density at radius 3 is 3.25 bits per heavy atom. The molecule has 0 saturated carbocycles. The van der Waals surface area contributed by atoms with Crippen LogP contribution in [0.15, 0.2) is 28.8 Å². The third-order valence-corrected chi connectivity index (χ3v) is 4.54. The van der Waals surface area contributed by atoms with Crippen LogP contribution in [-0.4, -0.2) is 41.6 Å². The maximum atomic E-state index is 12.5. The summed E-state index contributed by atoms with van der Waals surface area (Å²) in [4.78, 5) is 14.5. The molecule has 2 saturated heterocycles. The molecular formula is C15H17N3O2. The lowest BCUT2D eigenvalue weighted by Crippen LogP contribution is -2.39. The average molecular weight is 271 g/mol. The van der Waals surface area contributed by atoms with Crippen LogP contribution >= 0.6 is 0 Å². The predicted molar refractivity (Wildman–Crippen MR) is 74.2 cm³/mol. The van der Waals surface area contributed by atoms with Gasteiger partial charge < -0.3 is 14.7 Å². The van der Waals surface area contributed by atoms with Crippen molar-refractivity contribution in [1.29, 1.82) is 0 Å². The molecular weight excluding hydrogens is 254 g/mol. The van der Waals surface area contributed by atoms with Gasteiger partial charge in [0.1, 0.15) is 5.69 Å². The summed E-state index contributed by atoms with van der Waals surface area (Å²) in [5.74, 6) is 0.799. The fourth-order valence-corrected chi connectivity index (χ4v) is 3.47. The van der Waals surface area contributed by atoms with Crippen LogP contribution in [0.1, 0.15) is 12.1 Å². The van der Waals surface area contributed by atoms with Crippen molar-refractivity contribution in [2.45, 2.75) is 18.9 Å². The molecule has 0 bridgehead atoms. The van der Waals surface area contributed by atoms with Gasteiger partial charge in [-0.1, -0.05) is 17.3 Å². The van der Waals surface area contributed by atoms with E-state index in [9.17, 15) is 4.79 Å².